The molecule has 1 aliphatic rings. The highest BCUT2D eigenvalue weighted by Gasteiger charge is 2.40. The van der Waals surface area contributed by atoms with Crippen LogP contribution in [0.25, 0.3) is 0 Å². The van der Waals surface area contributed by atoms with Crippen LogP contribution in [0.1, 0.15) is 31.7 Å². The van der Waals surface area contributed by atoms with Crippen LogP contribution in [0.3, 0.4) is 0 Å². The van der Waals surface area contributed by atoms with E-state index in [1.807, 2.05) is 0 Å². The van der Waals surface area contributed by atoms with E-state index in [1.54, 1.807) is 6.33 Å². The predicted octanol–water partition coefficient (Wildman–Crippen LogP) is 1.54. The molecule has 0 aliphatic heterocycles. The molecule has 0 spiro atoms. The Labute approximate surface area is 115 Å². The Hall–Kier alpha value is -1.36. The second kappa shape index (κ2) is 5.33. The van der Waals surface area contributed by atoms with E-state index in [-0.39, 0.29) is 0 Å². The van der Waals surface area contributed by atoms with Crippen LogP contribution < -0.4 is 10.6 Å². The number of hydrogen-bond acceptors (Lipinski definition) is 5. The standard InChI is InChI=1S/C14H25N5/c1-5-11-12(15)16-10-17-13(11)19(4)9-14(18(2)3)7-6-8-14/h10H,5-9H2,1-4H3,(H2,15,16,17). The van der Waals surface area contributed by atoms with Crippen LogP contribution in [-0.4, -0.2) is 48.1 Å². The predicted molar refractivity (Wildman–Crippen MR) is 79.4 cm³/mol. The van der Waals surface area contributed by atoms with Gasteiger partial charge in [0.05, 0.1) is 0 Å². The Morgan fingerprint density at radius 1 is 1.26 bits per heavy atom. The molecule has 1 aliphatic carbocycles. The Bertz CT molecular complexity index is 439. The average Bonchev–Trinajstić information content (AvgIpc) is 2.32. The largest absolute Gasteiger partial charge is 0.383 e. The maximum Gasteiger partial charge on any atom is 0.137 e. The lowest BCUT2D eigenvalue weighted by Crippen LogP contribution is -2.57. The summed E-state index contributed by atoms with van der Waals surface area (Å²) in [5.41, 5.74) is 7.30. The van der Waals surface area contributed by atoms with Gasteiger partial charge in [-0.1, -0.05) is 6.92 Å². The molecule has 0 amide bonds. The summed E-state index contributed by atoms with van der Waals surface area (Å²) in [6.07, 6.45) is 6.25. The van der Waals surface area contributed by atoms with E-state index in [2.05, 4.69) is 47.8 Å². The molecular formula is C14H25N5. The molecule has 0 unspecified atom stereocenters. The fraction of sp³-hybridized carbons (Fsp3) is 0.714. The minimum Gasteiger partial charge on any atom is -0.383 e. The van der Waals surface area contributed by atoms with E-state index in [1.165, 1.54) is 19.3 Å². The van der Waals surface area contributed by atoms with Crippen molar-refractivity contribution in [2.24, 2.45) is 0 Å². The van der Waals surface area contributed by atoms with Crippen LogP contribution in [0.5, 0.6) is 0 Å². The van der Waals surface area contributed by atoms with Crippen LogP contribution in [-0.2, 0) is 6.42 Å². The van der Waals surface area contributed by atoms with E-state index in [4.69, 9.17) is 5.73 Å². The van der Waals surface area contributed by atoms with Gasteiger partial charge in [-0.05, 0) is 39.8 Å². The molecule has 0 aromatic carbocycles. The third-order valence-corrected chi connectivity index (χ3v) is 4.44. The quantitative estimate of drug-likeness (QED) is 0.873. The van der Waals surface area contributed by atoms with Gasteiger partial charge >= 0.3 is 0 Å². The normalized spacial score (nSPS) is 17.3. The third kappa shape index (κ3) is 2.52. The number of hydrogen-bond donors (Lipinski definition) is 1. The summed E-state index contributed by atoms with van der Waals surface area (Å²) in [5.74, 6) is 1.58. The van der Waals surface area contributed by atoms with Gasteiger partial charge in [-0.15, -0.1) is 0 Å². The number of nitrogen functional groups attached to an aromatic ring is 1. The van der Waals surface area contributed by atoms with Gasteiger partial charge in [-0.2, -0.15) is 0 Å². The van der Waals surface area contributed by atoms with Crippen molar-refractivity contribution < 1.29 is 0 Å². The van der Waals surface area contributed by atoms with Crippen molar-refractivity contribution >= 4 is 11.6 Å². The summed E-state index contributed by atoms with van der Waals surface area (Å²) in [6, 6.07) is 0. The van der Waals surface area contributed by atoms with Crippen molar-refractivity contribution in [3.63, 3.8) is 0 Å². The van der Waals surface area contributed by atoms with Gasteiger partial charge in [0.2, 0.25) is 0 Å². The number of aromatic nitrogens is 2. The maximum atomic E-state index is 5.95. The second-order valence-electron chi connectivity index (χ2n) is 5.74. The number of nitrogens with two attached hydrogens (primary N) is 1. The zero-order chi connectivity index (χ0) is 14.0. The molecule has 1 aromatic heterocycles. The van der Waals surface area contributed by atoms with Crippen molar-refractivity contribution in [3.8, 4) is 0 Å². The summed E-state index contributed by atoms with van der Waals surface area (Å²) >= 11 is 0. The Morgan fingerprint density at radius 3 is 2.42 bits per heavy atom. The summed E-state index contributed by atoms with van der Waals surface area (Å²) in [7, 11) is 6.44. The fourth-order valence-electron chi connectivity index (χ4n) is 2.93. The summed E-state index contributed by atoms with van der Waals surface area (Å²) < 4.78 is 0. The Kier molecular flexibility index (Phi) is 3.94. The van der Waals surface area contributed by atoms with Crippen molar-refractivity contribution in [2.45, 2.75) is 38.1 Å². The molecule has 5 heteroatoms. The van der Waals surface area contributed by atoms with Gasteiger partial charge in [0, 0.05) is 24.7 Å². The SMILES string of the molecule is CCc1c(N)ncnc1N(C)CC1(N(C)C)CCC1. The highest BCUT2D eigenvalue weighted by atomic mass is 15.3. The zero-order valence-corrected chi connectivity index (χ0v) is 12.5. The van der Waals surface area contributed by atoms with Gasteiger partial charge in [0.1, 0.15) is 18.0 Å². The Morgan fingerprint density at radius 2 is 1.95 bits per heavy atom. The Balaban J connectivity index is 2.20. The molecule has 1 heterocycles. The zero-order valence-electron chi connectivity index (χ0n) is 12.5. The maximum absolute atomic E-state index is 5.95. The first-order chi connectivity index (χ1) is 9.00. The first-order valence-corrected chi connectivity index (χ1v) is 6.98. The fourth-order valence-corrected chi connectivity index (χ4v) is 2.93. The lowest BCUT2D eigenvalue weighted by atomic mass is 9.75. The van der Waals surface area contributed by atoms with Crippen LogP contribution in [0.2, 0.25) is 0 Å². The summed E-state index contributed by atoms with van der Waals surface area (Å²) in [6.45, 7) is 3.08. The van der Waals surface area contributed by atoms with Crippen LogP contribution >= 0.6 is 0 Å². The number of rotatable bonds is 5. The molecule has 19 heavy (non-hydrogen) atoms. The van der Waals surface area contributed by atoms with E-state index in [0.29, 0.717) is 11.4 Å². The van der Waals surface area contributed by atoms with Crippen molar-refractivity contribution in [1.29, 1.82) is 0 Å². The molecule has 0 bridgehead atoms. The molecule has 1 saturated carbocycles. The van der Waals surface area contributed by atoms with Gasteiger partial charge < -0.3 is 15.5 Å². The molecule has 0 atom stereocenters. The molecule has 5 nitrogen and oxygen atoms in total. The molecule has 106 valence electrons. The smallest absolute Gasteiger partial charge is 0.137 e. The summed E-state index contributed by atoms with van der Waals surface area (Å²) in [5, 5.41) is 0. The lowest BCUT2D eigenvalue weighted by Gasteiger charge is -2.49. The van der Waals surface area contributed by atoms with Crippen LogP contribution in [0.4, 0.5) is 11.6 Å². The van der Waals surface area contributed by atoms with Gasteiger partial charge in [-0.3, -0.25) is 0 Å². The van der Waals surface area contributed by atoms with Crippen LogP contribution in [0.15, 0.2) is 6.33 Å². The number of likely N-dealkylation sites (N-methyl/N-ethyl adjacent to an activating group) is 2. The van der Waals surface area contributed by atoms with Gasteiger partial charge in [-0.25, -0.2) is 9.97 Å². The second-order valence-corrected chi connectivity index (χ2v) is 5.74. The van der Waals surface area contributed by atoms with E-state index >= 15 is 0 Å². The van der Waals surface area contributed by atoms with Crippen molar-refractivity contribution in [2.75, 3.05) is 38.3 Å². The summed E-state index contributed by atoms with van der Waals surface area (Å²) in [4.78, 5) is 13.1. The highest BCUT2D eigenvalue weighted by Crippen LogP contribution is 2.37. The lowest BCUT2D eigenvalue weighted by molar-refractivity contribution is 0.0681. The van der Waals surface area contributed by atoms with Gasteiger partial charge in [0.15, 0.2) is 0 Å². The molecule has 2 N–H and O–H groups in total. The first kappa shape index (κ1) is 14.1. The average molecular weight is 263 g/mol. The molecular weight excluding hydrogens is 238 g/mol. The van der Waals surface area contributed by atoms with Gasteiger partial charge in [0.25, 0.3) is 0 Å². The molecule has 0 saturated heterocycles. The van der Waals surface area contributed by atoms with E-state index in [0.717, 1.165) is 24.3 Å². The molecule has 1 fully saturated rings. The minimum atomic E-state index is 0.291. The molecule has 0 radical (unpaired) electrons. The number of nitrogens with zero attached hydrogens (tertiary/aromatic N) is 4. The first-order valence-electron chi connectivity index (χ1n) is 6.98. The van der Waals surface area contributed by atoms with E-state index < -0.39 is 0 Å². The highest BCUT2D eigenvalue weighted by molar-refractivity contribution is 5.56. The molecule has 1 aromatic rings. The number of anilines is 2. The van der Waals surface area contributed by atoms with Crippen LogP contribution in [0, 0.1) is 0 Å². The van der Waals surface area contributed by atoms with E-state index in [9.17, 15) is 0 Å². The van der Waals surface area contributed by atoms with Crippen molar-refractivity contribution in [3.05, 3.63) is 11.9 Å². The minimum absolute atomic E-state index is 0.291. The topological polar surface area (TPSA) is 58.3 Å². The third-order valence-electron chi connectivity index (χ3n) is 4.44. The molecule has 2 rings (SSSR count). The van der Waals surface area contributed by atoms with Crippen molar-refractivity contribution in [1.82, 2.24) is 14.9 Å². The monoisotopic (exact) mass is 263 g/mol.